The van der Waals surface area contributed by atoms with Crippen LogP contribution in [-0.2, 0) is 4.79 Å². The lowest BCUT2D eigenvalue weighted by Crippen LogP contribution is -2.30. The number of anilines is 1. The average molecular weight is 371 g/mol. The van der Waals surface area contributed by atoms with Gasteiger partial charge in [0.15, 0.2) is 11.9 Å². The second-order valence-corrected chi connectivity index (χ2v) is 6.12. The van der Waals surface area contributed by atoms with Crippen LogP contribution in [0.15, 0.2) is 60.7 Å². The van der Waals surface area contributed by atoms with Gasteiger partial charge in [0.2, 0.25) is 0 Å². The molecule has 0 unspecified atom stereocenters. The maximum Gasteiger partial charge on any atom is 0.312 e. The highest BCUT2D eigenvalue weighted by molar-refractivity contribution is 6.30. The Hall–Kier alpha value is -3.12. The fraction of sp³-hybridized carbons (Fsp3) is 0.105. The second-order valence-electron chi connectivity index (χ2n) is 5.68. The number of nitro benzene ring substituents is 1. The first-order valence-electron chi connectivity index (χ1n) is 7.84. The van der Waals surface area contributed by atoms with Crippen LogP contribution in [0, 0.1) is 10.1 Å². The van der Waals surface area contributed by atoms with Crippen LogP contribution in [0.1, 0.15) is 6.92 Å². The molecule has 132 valence electrons. The largest absolute Gasteiger partial charge is 0.474 e. The van der Waals surface area contributed by atoms with Crippen molar-refractivity contribution in [2.24, 2.45) is 0 Å². The molecule has 0 bridgehead atoms. The SMILES string of the molecule is C[C@@H](Oc1ccc(Cl)cc1[N+](=O)[O-])C(=O)Nc1ccc2ccccc2c1. The molecular weight excluding hydrogens is 356 g/mol. The van der Waals surface area contributed by atoms with Crippen LogP contribution in [0.3, 0.4) is 0 Å². The number of amides is 1. The number of carbonyl (C=O) groups is 1. The zero-order valence-corrected chi connectivity index (χ0v) is 14.6. The molecule has 0 saturated carbocycles. The molecule has 0 spiro atoms. The van der Waals surface area contributed by atoms with Crippen LogP contribution in [-0.4, -0.2) is 16.9 Å². The van der Waals surface area contributed by atoms with E-state index in [0.29, 0.717) is 5.69 Å². The summed E-state index contributed by atoms with van der Waals surface area (Å²) in [6.45, 7) is 1.52. The van der Waals surface area contributed by atoms with Crippen LogP contribution in [0.5, 0.6) is 5.75 Å². The van der Waals surface area contributed by atoms with Gasteiger partial charge in [0.05, 0.1) is 4.92 Å². The van der Waals surface area contributed by atoms with Crippen LogP contribution >= 0.6 is 11.6 Å². The Morgan fingerprint density at radius 1 is 1.12 bits per heavy atom. The number of nitrogens with one attached hydrogen (secondary N) is 1. The first-order chi connectivity index (χ1) is 12.4. The molecule has 0 heterocycles. The zero-order valence-electron chi connectivity index (χ0n) is 13.8. The van der Waals surface area contributed by atoms with Gasteiger partial charge in [0.1, 0.15) is 0 Å². The average Bonchev–Trinajstić information content (AvgIpc) is 2.62. The number of fused-ring (bicyclic) bond motifs is 1. The summed E-state index contributed by atoms with van der Waals surface area (Å²) in [6.07, 6.45) is -0.929. The molecule has 3 rings (SSSR count). The monoisotopic (exact) mass is 370 g/mol. The van der Waals surface area contributed by atoms with E-state index in [1.807, 2.05) is 36.4 Å². The van der Waals surface area contributed by atoms with Crippen molar-refractivity contribution in [2.45, 2.75) is 13.0 Å². The fourth-order valence-electron chi connectivity index (χ4n) is 2.49. The van der Waals surface area contributed by atoms with E-state index in [2.05, 4.69) is 5.32 Å². The topological polar surface area (TPSA) is 81.5 Å². The molecule has 0 fully saturated rings. The van der Waals surface area contributed by atoms with Crippen LogP contribution < -0.4 is 10.1 Å². The van der Waals surface area contributed by atoms with E-state index in [1.165, 1.54) is 25.1 Å². The van der Waals surface area contributed by atoms with Gasteiger partial charge in [-0.15, -0.1) is 0 Å². The molecule has 0 radical (unpaired) electrons. The number of carbonyl (C=O) groups excluding carboxylic acids is 1. The van der Waals surface area contributed by atoms with Gasteiger partial charge in [0.25, 0.3) is 5.91 Å². The quantitative estimate of drug-likeness (QED) is 0.516. The van der Waals surface area contributed by atoms with Crippen molar-refractivity contribution in [2.75, 3.05) is 5.32 Å². The highest BCUT2D eigenvalue weighted by Crippen LogP contribution is 2.30. The number of halogens is 1. The standard InChI is InChI=1S/C19H15ClN2O4/c1-12(26-18-9-7-15(20)11-17(18)22(24)25)19(23)21-16-8-6-13-4-2-3-5-14(13)10-16/h2-12H,1H3,(H,21,23)/t12-/m1/s1. The summed E-state index contributed by atoms with van der Waals surface area (Å²) >= 11 is 5.78. The zero-order chi connectivity index (χ0) is 18.7. The first-order valence-corrected chi connectivity index (χ1v) is 8.22. The van der Waals surface area contributed by atoms with Crippen molar-refractivity contribution in [3.63, 3.8) is 0 Å². The third kappa shape index (κ3) is 3.92. The Balaban J connectivity index is 1.74. The molecule has 26 heavy (non-hydrogen) atoms. The molecule has 3 aromatic carbocycles. The van der Waals surface area contributed by atoms with Crippen molar-refractivity contribution in [3.8, 4) is 5.75 Å². The van der Waals surface area contributed by atoms with Gasteiger partial charge in [-0.2, -0.15) is 0 Å². The van der Waals surface area contributed by atoms with Gasteiger partial charge in [-0.1, -0.05) is 41.9 Å². The maximum absolute atomic E-state index is 12.4. The van der Waals surface area contributed by atoms with E-state index in [9.17, 15) is 14.9 Å². The number of benzene rings is 3. The molecule has 1 amide bonds. The Labute approximate surface area is 154 Å². The third-order valence-corrected chi connectivity index (χ3v) is 4.04. The van der Waals surface area contributed by atoms with E-state index in [-0.39, 0.29) is 16.5 Å². The third-order valence-electron chi connectivity index (χ3n) is 3.81. The van der Waals surface area contributed by atoms with E-state index in [4.69, 9.17) is 16.3 Å². The Morgan fingerprint density at radius 2 is 1.85 bits per heavy atom. The second kappa shape index (κ2) is 7.41. The van der Waals surface area contributed by atoms with E-state index in [0.717, 1.165) is 10.8 Å². The molecule has 7 heteroatoms. The number of nitrogens with zero attached hydrogens (tertiary/aromatic N) is 1. The first kappa shape index (κ1) is 17.7. The fourth-order valence-corrected chi connectivity index (χ4v) is 2.65. The molecule has 0 aliphatic heterocycles. The van der Waals surface area contributed by atoms with E-state index >= 15 is 0 Å². The molecule has 6 nitrogen and oxygen atoms in total. The lowest BCUT2D eigenvalue weighted by Gasteiger charge is -2.15. The van der Waals surface area contributed by atoms with Gasteiger partial charge >= 0.3 is 5.69 Å². The number of nitro groups is 1. The summed E-state index contributed by atoms with van der Waals surface area (Å²) in [6, 6.07) is 17.4. The predicted molar refractivity (Wildman–Crippen MR) is 101 cm³/mol. The summed E-state index contributed by atoms with van der Waals surface area (Å²) in [5, 5.41) is 16.1. The van der Waals surface area contributed by atoms with Gasteiger partial charge in [-0.25, -0.2) is 0 Å². The summed E-state index contributed by atoms with van der Waals surface area (Å²) in [4.78, 5) is 22.9. The summed E-state index contributed by atoms with van der Waals surface area (Å²) in [5.74, 6) is -0.426. The van der Waals surface area contributed by atoms with Gasteiger partial charge in [-0.05, 0) is 42.0 Å². The van der Waals surface area contributed by atoms with Crippen molar-refractivity contribution >= 4 is 39.7 Å². The Kier molecular flexibility index (Phi) is 5.04. The Morgan fingerprint density at radius 3 is 2.58 bits per heavy atom. The molecule has 3 aromatic rings. The molecular formula is C19H15ClN2O4. The summed E-state index contributed by atoms with van der Waals surface area (Å²) in [5.41, 5.74) is 0.331. The van der Waals surface area contributed by atoms with E-state index < -0.39 is 16.9 Å². The minimum atomic E-state index is -0.929. The van der Waals surface area contributed by atoms with Crippen molar-refractivity contribution in [1.82, 2.24) is 0 Å². The molecule has 0 saturated heterocycles. The smallest absolute Gasteiger partial charge is 0.312 e. The molecule has 1 N–H and O–H groups in total. The summed E-state index contributed by atoms with van der Waals surface area (Å²) in [7, 11) is 0. The Bertz CT molecular complexity index is 990. The van der Waals surface area contributed by atoms with Gasteiger partial charge in [0, 0.05) is 16.8 Å². The highest BCUT2D eigenvalue weighted by atomic mass is 35.5. The molecule has 1 atom stereocenters. The van der Waals surface area contributed by atoms with Crippen molar-refractivity contribution < 1.29 is 14.5 Å². The van der Waals surface area contributed by atoms with Crippen molar-refractivity contribution in [1.29, 1.82) is 0 Å². The van der Waals surface area contributed by atoms with Crippen LogP contribution in [0.4, 0.5) is 11.4 Å². The number of hydrogen-bond donors (Lipinski definition) is 1. The predicted octanol–water partition coefficient (Wildman–Crippen LogP) is 4.81. The van der Waals surface area contributed by atoms with Crippen LogP contribution in [0.2, 0.25) is 5.02 Å². The molecule has 0 aromatic heterocycles. The minimum Gasteiger partial charge on any atom is -0.474 e. The van der Waals surface area contributed by atoms with Gasteiger partial charge in [-0.3, -0.25) is 14.9 Å². The lowest BCUT2D eigenvalue weighted by molar-refractivity contribution is -0.386. The lowest BCUT2D eigenvalue weighted by atomic mass is 10.1. The number of rotatable bonds is 5. The van der Waals surface area contributed by atoms with Crippen molar-refractivity contribution in [3.05, 3.63) is 75.8 Å². The van der Waals surface area contributed by atoms with Gasteiger partial charge < -0.3 is 10.1 Å². The number of ether oxygens (including phenoxy) is 1. The minimum absolute atomic E-state index is 0.0134. The van der Waals surface area contributed by atoms with Crippen LogP contribution in [0.25, 0.3) is 10.8 Å². The summed E-state index contributed by atoms with van der Waals surface area (Å²) < 4.78 is 5.47. The normalized spacial score (nSPS) is 11.8. The molecule has 0 aliphatic carbocycles. The maximum atomic E-state index is 12.4. The number of hydrogen-bond acceptors (Lipinski definition) is 4. The van der Waals surface area contributed by atoms with E-state index in [1.54, 1.807) is 6.07 Å². The molecule has 0 aliphatic rings. The highest BCUT2D eigenvalue weighted by Gasteiger charge is 2.21.